The lowest BCUT2D eigenvalue weighted by Gasteiger charge is -2.47. The fourth-order valence-corrected chi connectivity index (χ4v) is 12.6. The van der Waals surface area contributed by atoms with Crippen molar-refractivity contribution in [2.24, 2.45) is 29.6 Å². The minimum Gasteiger partial charge on any atom is -0.456 e. The quantitative estimate of drug-likeness (QED) is 0.0690. The fourth-order valence-electron chi connectivity index (χ4n) is 11.2. The highest BCUT2D eigenvalue weighted by Crippen LogP contribution is 2.42. The highest BCUT2D eigenvalue weighted by atomic mass is 28.4. The van der Waals surface area contributed by atoms with Crippen LogP contribution >= 0.6 is 0 Å². The third-order valence-electron chi connectivity index (χ3n) is 16.6. The molecule has 2 bridgehead atoms. The van der Waals surface area contributed by atoms with E-state index < -0.39 is 80.2 Å². The van der Waals surface area contributed by atoms with E-state index in [1.54, 1.807) is 34.3 Å². The third-order valence-corrected chi connectivity index (χ3v) is 21.1. The molecule has 3 fully saturated rings. The predicted molar refractivity (Wildman–Crippen MR) is 279 cm³/mol. The van der Waals surface area contributed by atoms with Gasteiger partial charge in [-0.2, -0.15) is 0 Å². The van der Waals surface area contributed by atoms with Gasteiger partial charge in [0.1, 0.15) is 30.3 Å². The van der Waals surface area contributed by atoms with Gasteiger partial charge in [-0.05, 0) is 125 Å². The molecule has 14 unspecified atom stereocenters. The van der Waals surface area contributed by atoms with Crippen molar-refractivity contribution in [3.8, 4) is 0 Å². The summed E-state index contributed by atoms with van der Waals surface area (Å²) in [4.78, 5) is 71.7. The van der Waals surface area contributed by atoms with Crippen LogP contribution in [-0.4, -0.2) is 130 Å². The molecular weight excluding hydrogens is 935 g/mol. The van der Waals surface area contributed by atoms with Crippen LogP contribution in [0.1, 0.15) is 149 Å². The van der Waals surface area contributed by atoms with Crippen LogP contribution in [0.5, 0.6) is 0 Å². The largest absolute Gasteiger partial charge is 0.456 e. The van der Waals surface area contributed by atoms with E-state index in [1.165, 1.54) is 4.90 Å². The minimum atomic E-state index is -2.56. The van der Waals surface area contributed by atoms with Gasteiger partial charge in [-0.3, -0.25) is 19.2 Å². The molecule has 3 aliphatic heterocycles. The molecule has 404 valence electrons. The first-order valence-corrected chi connectivity index (χ1v) is 29.6. The molecule has 14 nitrogen and oxygen atoms in total. The Bertz CT molecular complexity index is 2080. The second-order valence-corrected chi connectivity index (χ2v) is 27.9. The number of cyclic esters (lactones) is 1. The van der Waals surface area contributed by atoms with E-state index in [2.05, 4.69) is 52.9 Å². The summed E-state index contributed by atoms with van der Waals surface area (Å²) in [7, 11) is 2.23. The lowest BCUT2D eigenvalue weighted by atomic mass is 9.81. The minimum absolute atomic E-state index is 0.0217. The number of allylic oxidation sites excluding steroid dienone is 3. The SMILES string of the molecule is CCC1C=C(C)CC(C)CC(OC)C2OC(O)(C(=O)C(=O)N3CCCCC3C(=O)OC(C(C)=CC3CCC(OCc4cccc(C=O)c4)C(OC)C3)C(C)C(O[Si](C)(C)C(C)(C)C)CC1=O)C(C)CC2OC. The normalized spacial score (nSPS) is 34.7. The van der Waals surface area contributed by atoms with Gasteiger partial charge in [-0.1, -0.05) is 84.4 Å². The molecule has 0 spiro atoms. The summed E-state index contributed by atoms with van der Waals surface area (Å²) in [5, 5.41) is 12.1. The van der Waals surface area contributed by atoms with Crippen LogP contribution < -0.4 is 0 Å². The number of nitrogens with zero attached hydrogens (tertiary/aromatic N) is 1. The summed E-state index contributed by atoms with van der Waals surface area (Å²) in [6.07, 6.45) is 6.62. The standard InChI is InChI=1S/C57H89NO13Si/c1-15-43-26-35(2)25-36(3)27-49(66-11)52-50(67-12)29-38(5)57(64,70-52)53(61)54(62)58-24-17-16-21-44(58)55(63)69-51(39(6)47(32-45(43)60)71-72(13,14)56(7,8)9)37(4)28-40-22-23-46(48(31-40)65-10)68-34-42-20-18-19-41(30-42)33-59/h18-20,26,28,30,33,36,38-40,43-44,46-52,64H,15-17,21-25,27,29,31-32,34H2,1-14H3. The molecule has 15 heteroatoms. The molecule has 1 amide bonds. The van der Waals surface area contributed by atoms with Gasteiger partial charge in [0.25, 0.3) is 11.7 Å². The van der Waals surface area contributed by atoms with E-state index in [1.807, 2.05) is 45.9 Å². The molecule has 1 N–H and O–H groups in total. The van der Waals surface area contributed by atoms with Gasteiger partial charge < -0.3 is 42.9 Å². The van der Waals surface area contributed by atoms with E-state index in [9.17, 15) is 29.1 Å². The van der Waals surface area contributed by atoms with Gasteiger partial charge in [0, 0.05) is 57.6 Å². The smallest absolute Gasteiger partial charge is 0.329 e. The average Bonchev–Trinajstić information content (AvgIpc) is 3.34. The molecule has 1 aromatic carbocycles. The number of ether oxygens (including phenoxy) is 6. The number of rotatable bonds is 12. The number of ketones is 2. The molecule has 1 aromatic rings. The first-order valence-electron chi connectivity index (χ1n) is 26.7. The summed E-state index contributed by atoms with van der Waals surface area (Å²) in [6, 6.07) is 6.24. The van der Waals surface area contributed by atoms with Crippen molar-refractivity contribution in [1.29, 1.82) is 0 Å². The van der Waals surface area contributed by atoms with Gasteiger partial charge in [-0.15, -0.1) is 0 Å². The molecular formula is C57H89NO13Si. The number of Topliss-reactive ketones (excluding diaryl/α,β-unsaturated/α-hetero) is 2. The number of hydrogen-bond acceptors (Lipinski definition) is 13. The number of fused-ring (bicyclic) bond motifs is 3. The lowest BCUT2D eigenvalue weighted by molar-refractivity contribution is -0.302. The van der Waals surface area contributed by atoms with Crippen molar-refractivity contribution in [3.63, 3.8) is 0 Å². The Morgan fingerprint density at radius 3 is 2.22 bits per heavy atom. The van der Waals surface area contributed by atoms with Crippen LogP contribution in [0.25, 0.3) is 0 Å². The van der Waals surface area contributed by atoms with Gasteiger partial charge in [-0.25, -0.2) is 4.79 Å². The van der Waals surface area contributed by atoms with Crippen LogP contribution in [0.4, 0.5) is 0 Å². The van der Waals surface area contributed by atoms with Crippen molar-refractivity contribution in [2.75, 3.05) is 27.9 Å². The van der Waals surface area contributed by atoms with Crippen LogP contribution in [0.15, 0.2) is 47.6 Å². The number of aldehydes is 1. The Morgan fingerprint density at radius 1 is 0.903 bits per heavy atom. The van der Waals surface area contributed by atoms with Gasteiger partial charge in [0.15, 0.2) is 8.32 Å². The number of methoxy groups -OCH3 is 3. The molecule has 14 atom stereocenters. The van der Waals surface area contributed by atoms with E-state index in [-0.39, 0.29) is 66.6 Å². The second kappa shape index (κ2) is 25.9. The van der Waals surface area contributed by atoms with E-state index >= 15 is 0 Å². The number of carbonyl (C=O) groups is 5. The average molecular weight is 1020 g/mol. The maximum Gasteiger partial charge on any atom is 0.329 e. The summed E-state index contributed by atoms with van der Waals surface area (Å²) in [6.45, 7) is 23.0. The highest BCUT2D eigenvalue weighted by Gasteiger charge is 2.57. The summed E-state index contributed by atoms with van der Waals surface area (Å²) in [5.41, 5.74) is 3.31. The van der Waals surface area contributed by atoms with Crippen molar-refractivity contribution >= 4 is 38.0 Å². The molecule has 0 radical (unpaired) electrons. The predicted octanol–water partition coefficient (Wildman–Crippen LogP) is 9.54. The molecule has 2 saturated heterocycles. The van der Waals surface area contributed by atoms with Crippen LogP contribution in [-0.2, 0) is 58.6 Å². The number of carbonyl (C=O) groups excluding carboxylic acids is 5. The summed E-state index contributed by atoms with van der Waals surface area (Å²) < 4.78 is 44.7. The molecule has 72 heavy (non-hydrogen) atoms. The first-order chi connectivity index (χ1) is 33.9. The molecule has 3 heterocycles. The lowest BCUT2D eigenvalue weighted by Crippen LogP contribution is -2.64. The number of esters is 1. The van der Waals surface area contributed by atoms with Gasteiger partial charge >= 0.3 is 5.97 Å². The maximum atomic E-state index is 15.0. The number of piperidine rings is 1. The Balaban J connectivity index is 1.57. The Labute approximate surface area is 431 Å². The van der Waals surface area contributed by atoms with Gasteiger partial charge in [0.2, 0.25) is 5.79 Å². The molecule has 5 rings (SSSR count). The summed E-state index contributed by atoms with van der Waals surface area (Å²) >= 11 is 0. The van der Waals surface area contributed by atoms with E-state index in [0.29, 0.717) is 57.1 Å². The molecule has 1 saturated carbocycles. The Kier molecular flexibility index (Phi) is 21.4. The highest BCUT2D eigenvalue weighted by molar-refractivity contribution is 6.74. The van der Waals surface area contributed by atoms with Crippen molar-refractivity contribution in [1.82, 2.24) is 4.90 Å². The second-order valence-electron chi connectivity index (χ2n) is 23.1. The molecule has 0 aromatic heterocycles. The van der Waals surface area contributed by atoms with Crippen LogP contribution in [0, 0.1) is 29.6 Å². The van der Waals surface area contributed by atoms with Crippen LogP contribution in [0.3, 0.4) is 0 Å². The first kappa shape index (κ1) is 59.5. The zero-order chi connectivity index (χ0) is 53.3. The Hall–Kier alpha value is -3.41. The Morgan fingerprint density at radius 2 is 1.58 bits per heavy atom. The number of aliphatic hydroxyl groups is 1. The molecule has 4 aliphatic rings. The number of benzene rings is 1. The van der Waals surface area contributed by atoms with Crippen molar-refractivity contribution < 1.29 is 61.9 Å². The third kappa shape index (κ3) is 14.5. The maximum absolute atomic E-state index is 15.0. The molecule has 1 aliphatic carbocycles. The van der Waals surface area contributed by atoms with E-state index in [0.717, 1.165) is 29.4 Å². The number of hydrogen-bond donors (Lipinski definition) is 1. The van der Waals surface area contributed by atoms with E-state index in [4.69, 9.17) is 32.8 Å². The zero-order valence-electron chi connectivity index (χ0n) is 46.0. The van der Waals surface area contributed by atoms with Crippen molar-refractivity contribution in [3.05, 3.63) is 58.7 Å². The zero-order valence-corrected chi connectivity index (χ0v) is 47.0. The number of amides is 1. The topological polar surface area (TPSA) is 173 Å². The summed E-state index contributed by atoms with van der Waals surface area (Å²) in [5.74, 6) is -6.98. The van der Waals surface area contributed by atoms with Gasteiger partial charge in [0.05, 0.1) is 37.1 Å². The van der Waals surface area contributed by atoms with Crippen LogP contribution in [0.2, 0.25) is 18.1 Å². The van der Waals surface area contributed by atoms with Crippen molar-refractivity contribution in [2.45, 2.75) is 212 Å². The monoisotopic (exact) mass is 1020 g/mol. The fraction of sp³-hybridized carbons (Fsp3) is 0.737.